The Kier molecular flexibility index (Phi) is 6.21. The summed E-state index contributed by atoms with van der Waals surface area (Å²) in [6.45, 7) is 3.53. The third-order valence-corrected chi connectivity index (χ3v) is 4.95. The van der Waals surface area contributed by atoms with Crippen molar-refractivity contribution in [2.24, 2.45) is 0 Å². The van der Waals surface area contributed by atoms with Crippen molar-refractivity contribution in [1.82, 2.24) is 19.6 Å². The highest BCUT2D eigenvalue weighted by Gasteiger charge is 2.20. The highest BCUT2D eigenvalue weighted by Crippen LogP contribution is 2.12. The van der Waals surface area contributed by atoms with Crippen LogP contribution in [-0.4, -0.2) is 51.5 Å². The number of carbonyl (C=O) groups excluding carboxylic acids is 3. The van der Waals surface area contributed by atoms with Gasteiger partial charge in [0.25, 0.3) is 5.91 Å². The number of rotatable bonds is 7. The van der Waals surface area contributed by atoms with Crippen molar-refractivity contribution in [2.45, 2.75) is 45.4 Å². The van der Waals surface area contributed by atoms with Crippen LogP contribution in [0.2, 0.25) is 0 Å². The van der Waals surface area contributed by atoms with Gasteiger partial charge in [0.2, 0.25) is 5.91 Å². The fraction of sp³-hybridized carbons (Fsp3) is 0.500. The lowest BCUT2D eigenvalue weighted by Crippen LogP contribution is -2.38. The van der Waals surface area contributed by atoms with E-state index in [0.717, 1.165) is 24.9 Å². The molecule has 0 saturated carbocycles. The Bertz CT molecular complexity index is 833. The van der Waals surface area contributed by atoms with Crippen LogP contribution in [-0.2, 0) is 9.59 Å². The summed E-state index contributed by atoms with van der Waals surface area (Å²) in [5.74, 6) is 0.254. The van der Waals surface area contributed by atoms with Crippen LogP contribution < -0.4 is 5.32 Å². The van der Waals surface area contributed by atoms with Crippen molar-refractivity contribution < 1.29 is 14.4 Å². The normalized spacial score (nSPS) is 14.6. The first-order valence-corrected chi connectivity index (χ1v) is 9.57. The molecular weight excluding hydrogens is 344 g/mol. The van der Waals surface area contributed by atoms with Crippen LogP contribution in [0.4, 0.5) is 0 Å². The number of piperidine rings is 1. The van der Waals surface area contributed by atoms with E-state index in [4.69, 9.17) is 0 Å². The fourth-order valence-electron chi connectivity index (χ4n) is 3.41. The summed E-state index contributed by atoms with van der Waals surface area (Å²) < 4.78 is 1.80. The van der Waals surface area contributed by atoms with Crippen molar-refractivity contribution in [3.05, 3.63) is 35.8 Å². The van der Waals surface area contributed by atoms with E-state index in [9.17, 15) is 14.4 Å². The number of unbranched alkanes of at least 4 members (excludes halogenated alkanes) is 2. The monoisotopic (exact) mass is 370 g/mol. The molecule has 0 spiro atoms. The third kappa shape index (κ3) is 4.72. The Morgan fingerprint density at radius 2 is 1.93 bits per heavy atom. The zero-order chi connectivity index (χ0) is 19.2. The molecule has 0 aromatic carbocycles. The zero-order valence-corrected chi connectivity index (χ0v) is 15.7. The Morgan fingerprint density at radius 3 is 2.70 bits per heavy atom. The average Bonchev–Trinajstić information content (AvgIpc) is 3.00. The van der Waals surface area contributed by atoms with Gasteiger partial charge in [0.05, 0.1) is 5.69 Å². The minimum atomic E-state index is -0.125. The maximum Gasteiger partial charge on any atom is 0.270 e. The Hall–Kier alpha value is -2.70. The number of Topliss-reactive ketones (excluding diaryl/α,β-unsaturated/α-hetero) is 1. The van der Waals surface area contributed by atoms with E-state index in [1.54, 1.807) is 9.30 Å². The van der Waals surface area contributed by atoms with Crippen molar-refractivity contribution >= 4 is 23.2 Å². The molecule has 0 unspecified atom stereocenters. The molecule has 7 heteroatoms. The number of carbonyl (C=O) groups is 3. The molecule has 1 fully saturated rings. The lowest BCUT2D eigenvalue weighted by Gasteiger charge is -2.26. The molecule has 1 N–H and O–H groups in total. The molecule has 0 radical (unpaired) electrons. The van der Waals surface area contributed by atoms with Gasteiger partial charge in [-0.3, -0.25) is 18.8 Å². The summed E-state index contributed by atoms with van der Waals surface area (Å²) in [7, 11) is 0. The van der Waals surface area contributed by atoms with E-state index >= 15 is 0 Å². The Morgan fingerprint density at radius 1 is 1.15 bits per heavy atom. The van der Waals surface area contributed by atoms with Crippen LogP contribution in [0, 0.1) is 6.92 Å². The van der Waals surface area contributed by atoms with Crippen LogP contribution in [0.3, 0.4) is 0 Å². The van der Waals surface area contributed by atoms with E-state index in [1.807, 2.05) is 31.3 Å². The van der Waals surface area contributed by atoms with Gasteiger partial charge in [0.1, 0.15) is 17.1 Å². The van der Waals surface area contributed by atoms with Crippen LogP contribution in [0.5, 0.6) is 0 Å². The maximum absolute atomic E-state index is 12.5. The molecule has 2 amide bonds. The van der Waals surface area contributed by atoms with Gasteiger partial charge in [-0.15, -0.1) is 0 Å². The number of ketones is 1. The lowest BCUT2D eigenvalue weighted by atomic mass is 10.1. The molecule has 0 aliphatic carbocycles. The standard InChI is InChI=1S/C20H26N4O3/c1-15-19(24-12-6-4-7-17(24)22-15)20(27)21-11-5-2-3-8-18(26)23-13-9-16(25)10-14-23/h4,6-7,12H,2-3,5,8-11,13-14H2,1H3,(H,21,27). The highest BCUT2D eigenvalue weighted by atomic mass is 16.2. The number of hydrogen-bond donors (Lipinski definition) is 1. The fourth-order valence-corrected chi connectivity index (χ4v) is 3.41. The quantitative estimate of drug-likeness (QED) is 0.757. The predicted molar refractivity (Wildman–Crippen MR) is 102 cm³/mol. The molecule has 0 atom stereocenters. The second-order valence-electron chi connectivity index (χ2n) is 6.96. The van der Waals surface area contributed by atoms with Gasteiger partial charge < -0.3 is 10.2 Å². The molecule has 27 heavy (non-hydrogen) atoms. The second kappa shape index (κ2) is 8.79. The number of amides is 2. The first-order chi connectivity index (χ1) is 13.1. The molecule has 0 bridgehead atoms. The van der Waals surface area contributed by atoms with Crippen LogP contribution >= 0.6 is 0 Å². The predicted octanol–water partition coefficient (Wildman–Crippen LogP) is 2.12. The number of likely N-dealkylation sites (tertiary alicyclic amines) is 1. The molecule has 1 saturated heterocycles. The molecule has 1 aliphatic heterocycles. The van der Waals surface area contributed by atoms with Crippen LogP contribution in [0.25, 0.3) is 5.65 Å². The SMILES string of the molecule is Cc1nc2ccccn2c1C(=O)NCCCCCC(=O)N1CCC(=O)CC1. The number of fused-ring (bicyclic) bond motifs is 1. The summed E-state index contributed by atoms with van der Waals surface area (Å²) in [6.07, 6.45) is 5.82. The Balaban J connectivity index is 1.36. The van der Waals surface area contributed by atoms with Gasteiger partial charge in [-0.05, 0) is 31.9 Å². The van der Waals surface area contributed by atoms with E-state index < -0.39 is 0 Å². The zero-order valence-electron chi connectivity index (χ0n) is 15.7. The minimum absolute atomic E-state index is 0.125. The first kappa shape index (κ1) is 19.1. The van der Waals surface area contributed by atoms with Crippen molar-refractivity contribution in [3.8, 4) is 0 Å². The van der Waals surface area contributed by atoms with E-state index in [2.05, 4.69) is 10.3 Å². The van der Waals surface area contributed by atoms with Crippen LogP contribution in [0.1, 0.15) is 54.7 Å². The largest absolute Gasteiger partial charge is 0.351 e. The summed E-state index contributed by atoms with van der Waals surface area (Å²) in [5.41, 5.74) is 2.04. The number of nitrogens with zero attached hydrogens (tertiary/aromatic N) is 3. The molecule has 144 valence electrons. The molecule has 3 rings (SSSR count). The molecule has 7 nitrogen and oxygen atoms in total. The number of imidazole rings is 1. The van der Waals surface area contributed by atoms with Gasteiger partial charge in [-0.1, -0.05) is 12.5 Å². The Labute approximate surface area is 158 Å². The van der Waals surface area contributed by atoms with E-state index in [0.29, 0.717) is 50.3 Å². The topological polar surface area (TPSA) is 83.8 Å². The number of aromatic nitrogens is 2. The number of pyridine rings is 1. The summed E-state index contributed by atoms with van der Waals surface area (Å²) >= 11 is 0. The summed E-state index contributed by atoms with van der Waals surface area (Å²) in [5, 5.41) is 2.94. The van der Waals surface area contributed by atoms with Gasteiger partial charge in [0.15, 0.2) is 0 Å². The molecule has 1 aliphatic rings. The second-order valence-corrected chi connectivity index (χ2v) is 6.96. The molecule has 3 heterocycles. The van der Waals surface area contributed by atoms with Gasteiger partial charge in [0, 0.05) is 45.1 Å². The minimum Gasteiger partial charge on any atom is -0.351 e. The molecule has 2 aromatic heterocycles. The number of nitrogens with one attached hydrogen (secondary N) is 1. The average molecular weight is 370 g/mol. The number of hydrogen-bond acceptors (Lipinski definition) is 4. The van der Waals surface area contributed by atoms with Gasteiger partial charge >= 0.3 is 0 Å². The molecular formula is C20H26N4O3. The van der Waals surface area contributed by atoms with Crippen molar-refractivity contribution in [1.29, 1.82) is 0 Å². The highest BCUT2D eigenvalue weighted by molar-refractivity contribution is 5.94. The van der Waals surface area contributed by atoms with E-state index in [1.165, 1.54) is 0 Å². The summed E-state index contributed by atoms with van der Waals surface area (Å²) in [6, 6.07) is 5.64. The van der Waals surface area contributed by atoms with E-state index in [-0.39, 0.29) is 17.6 Å². The lowest BCUT2D eigenvalue weighted by molar-refractivity contribution is -0.134. The maximum atomic E-state index is 12.5. The van der Waals surface area contributed by atoms with Gasteiger partial charge in [-0.2, -0.15) is 0 Å². The smallest absolute Gasteiger partial charge is 0.270 e. The van der Waals surface area contributed by atoms with Crippen LogP contribution in [0.15, 0.2) is 24.4 Å². The van der Waals surface area contributed by atoms with Crippen molar-refractivity contribution in [3.63, 3.8) is 0 Å². The third-order valence-electron chi connectivity index (χ3n) is 4.95. The van der Waals surface area contributed by atoms with Gasteiger partial charge in [-0.25, -0.2) is 4.98 Å². The van der Waals surface area contributed by atoms with Crippen molar-refractivity contribution in [2.75, 3.05) is 19.6 Å². The first-order valence-electron chi connectivity index (χ1n) is 9.57. The summed E-state index contributed by atoms with van der Waals surface area (Å²) in [4.78, 5) is 42.0. The molecule has 2 aromatic rings. The number of aryl methyl sites for hydroxylation is 1.